The molecule has 0 saturated heterocycles. The molecule has 2 unspecified atom stereocenters. The second kappa shape index (κ2) is 24.5. The first kappa shape index (κ1) is 41.2. The predicted molar refractivity (Wildman–Crippen MR) is 185 cm³/mol. The molecule has 224 valence electrons. The normalized spacial score (nSPS) is 11.2. The number of hydrogen-bond acceptors (Lipinski definition) is 5. The van der Waals surface area contributed by atoms with Gasteiger partial charge < -0.3 is 17.7 Å². The van der Waals surface area contributed by atoms with Gasteiger partial charge in [0.2, 0.25) is 0 Å². The number of alkyl halides is 1. The Hall–Kier alpha value is -1.77. The van der Waals surface area contributed by atoms with Gasteiger partial charge in [0, 0.05) is 22.6 Å². The van der Waals surface area contributed by atoms with Crippen molar-refractivity contribution in [1.82, 2.24) is 0 Å². The van der Waals surface area contributed by atoms with E-state index in [9.17, 15) is 9.59 Å². The van der Waals surface area contributed by atoms with Crippen molar-refractivity contribution in [2.75, 3.05) is 6.61 Å². The predicted octanol–water partition coefficient (Wildman–Crippen LogP) is 6.57. The van der Waals surface area contributed by atoms with E-state index in [1.165, 1.54) is 0 Å². The molecule has 0 amide bonds. The number of thioether (sulfide) groups is 1. The Morgan fingerprint density at radius 2 is 1.02 bits per heavy atom. The maximum atomic E-state index is 12.6. The van der Waals surface area contributed by atoms with E-state index < -0.39 is 0 Å². The van der Waals surface area contributed by atoms with Gasteiger partial charge in [-0.2, -0.15) is 4.90 Å². The third-order valence-corrected chi connectivity index (χ3v) is 8.87. The molecule has 0 aliphatic carbocycles. The van der Waals surface area contributed by atoms with Crippen LogP contribution in [0.2, 0.25) is 0 Å². The first-order chi connectivity index (χ1) is 20.1. The fraction of sp³-hybridized carbons (Fsp3) is 0.278. The second-order valence-electron chi connectivity index (χ2n) is 9.83. The number of aliphatic hydroxyl groups is 1. The number of carbonyl (C=O) groups is 2. The van der Waals surface area contributed by atoms with Crippen molar-refractivity contribution in [3.63, 3.8) is 0 Å². The summed E-state index contributed by atoms with van der Waals surface area (Å²) in [6.45, 7) is 10.2. The molecule has 2 atom stereocenters. The molecular formula is C36H42BrNaO3S2. The summed E-state index contributed by atoms with van der Waals surface area (Å²) in [6.07, 6.45) is 0. The summed E-state index contributed by atoms with van der Waals surface area (Å²) in [5.41, 5.74) is 1.57. The third kappa shape index (κ3) is 17.3. The van der Waals surface area contributed by atoms with Crippen LogP contribution in [-0.4, -0.2) is 33.4 Å². The van der Waals surface area contributed by atoms with E-state index in [0.29, 0.717) is 11.8 Å². The molecule has 0 saturated carbocycles. The molecule has 0 aliphatic heterocycles. The van der Waals surface area contributed by atoms with Crippen molar-refractivity contribution in [1.29, 1.82) is 0 Å². The van der Waals surface area contributed by atoms with Crippen LogP contribution in [0.15, 0.2) is 131 Å². The molecule has 0 bridgehead atoms. The maximum absolute atomic E-state index is 12.6. The van der Waals surface area contributed by atoms with Crippen LogP contribution >= 0.6 is 27.7 Å². The number of hydrogen-bond donors (Lipinski definition) is 1. The average Bonchev–Trinajstić information content (AvgIpc) is 3.01. The molecule has 4 aromatic carbocycles. The Balaban J connectivity index is 0.000000635. The van der Waals surface area contributed by atoms with Crippen molar-refractivity contribution in [3.05, 3.63) is 132 Å². The number of aliphatic hydroxyl groups excluding tert-OH is 1. The summed E-state index contributed by atoms with van der Waals surface area (Å²) >= 11 is 9.86. The fourth-order valence-corrected chi connectivity index (χ4v) is 4.93. The molecule has 7 heteroatoms. The molecule has 0 heterocycles. The second-order valence-corrected chi connectivity index (χ2v) is 12.5. The maximum Gasteiger partial charge on any atom is 1.00 e. The van der Waals surface area contributed by atoms with Gasteiger partial charge in [0.25, 0.3) is 0 Å². The topological polar surface area (TPSA) is 54.4 Å². The largest absolute Gasteiger partial charge is 1.00 e. The first-order valence-corrected chi connectivity index (χ1v) is 16.2. The van der Waals surface area contributed by atoms with Crippen LogP contribution in [0.3, 0.4) is 0 Å². The van der Waals surface area contributed by atoms with Crippen molar-refractivity contribution in [2.24, 2.45) is 11.8 Å². The van der Waals surface area contributed by atoms with Crippen LogP contribution in [0.25, 0.3) is 0 Å². The number of rotatable bonds is 8. The molecule has 0 radical (unpaired) electrons. The Bertz CT molecular complexity index is 1260. The molecule has 3 nitrogen and oxygen atoms in total. The van der Waals surface area contributed by atoms with E-state index in [-0.39, 0.29) is 57.8 Å². The van der Waals surface area contributed by atoms with E-state index in [0.717, 1.165) is 20.9 Å². The monoisotopic (exact) mass is 688 g/mol. The van der Waals surface area contributed by atoms with E-state index in [2.05, 4.69) is 41.9 Å². The number of Topliss-reactive ketones (excluding diaryl/α,β-unsaturated/α-hetero) is 2. The molecule has 0 spiro atoms. The van der Waals surface area contributed by atoms with Gasteiger partial charge in [0.1, 0.15) is 0 Å². The summed E-state index contributed by atoms with van der Waals surface area (Å²) in [6, 6.07) is 38.6. The van der Waals surface area contributed by atoms with Gasteiger partial charge in [-0.05, 0) is 30.9 Å². The average molecular weight is 690 g/mol. The number of ketones is 2. The summed E-state index contributed by atoms with van der Waals surface area (Å²) in [4.78, 5) is 26.3. The smallest absolute Gasteiger partial charge is 0.780 e. The van der Waals surface area contributed by atoms with Gasteiger partial charge in [-0.15, -0.1) is 11.8 Å². The minimum Gasteiger partial charge on any atom is -0.780 e. The van der Waals surface area contributed by atoms with Gasteiger partial charge in [-0.25, -0.2) is 0 Å². The van der Waals surface area contributed by atoms with Gasteiger partial charge in [0.15, 0.2) is 11.6 Å². The van der Waals surface area contributed by atoms with Crippen LogP contribution in [0.1, 0.15) is 55.3 Å². The van der Waals surface area contributed by atoms with Crippen LogP contribution < -0.4 is 29.6 Å². The number of halogens is 1. The zero-order valence-electron chi connectivity index (χ0n) is 26.0. The Morgan fingerprint density at radius 1 is 0.674 bits per heavy atom. The van der Waals surface area contributed by atoms with Crippen molar-refractivity contribution in [2.45, 2.75) is 54.5 Å². The van der Waals surface area contributed by atoms with Crippen LogP contribution in [0.4, 0.5) is 0 Å². The SMILES string of the molecule is CC(C)C(Br)C(=O)c1ccccc1.CC(C)C(Sc1ccccc1)C(=O)c1ccccc1.CCO.[Na+].[S-]c1ccccc1. The molecule has 4 rings (SSSR count). The van der Waals surface area contributed by atoms with Crippen molar-refractivity contribution >= 4 is 51.9 Å². The van der Waals surface area contributed by atoms with Gasteiger partial charge >= 0.3 is 29.6 Å². The van der Waals surface area contributed by atoms with Crippen LogP contribution in [0.5, 0.6) is 0 Å². The number of benzene rings is 4. The zero-order valence-corrected chi connectivity index (χ0v) is 31.2. The van der Waals surface area contributed by atoms with Gasteiger partial charge in [0.05, 0.1) is 10.1 Å². The third-order valence-electron chi connectivity index (χ3n) is 5.57. The minimum atomic E-state index is -0.0742. The summed E-state index contributed by atoms with van der Waals surface area (Å²) in [5, 5.41) is 7.53. The Morgan fingerprint density at radius 3 is 1.35 bits per heavy atom. The molecule has 1 N–H and O–H groups in total. The number of carbonyl (C=O) groups excluding carboxylic acids is 2. The molecule has 43 heavy (non-hydrogen) atoms. The van der Waals surface area contributed by atoms with Crippen molar-refractivity contribution in [3.8, 4) is 0 Å². The molecule has 0 aromatic heterocycles. The van der Waals surface area contributed by atoms with Crippen LogP contribution in [-0.2, 0) is 12.6 Å². The van der Waals surface area contributed by atoms with Gasteiger partial charge in [-0.3, -0.25) is 9.59 Å². The first-order valence-electron chi connectivity index (χ1n) is 14.0. The van der Waals surface area contributed by atoms with Crippen molar-refractivity contribution < 1.29 is 44.3 Å². The van der Waals surface area contributed by atoms with Crippen LogP contribution in [0, 0.1) is 11.8 Å². The molecule has 0 fully saturated rings. The zero-order chi connectivity index (χ0) is 31.3. The summed E-state index contributed by atoms with van der Waals surface area (Å²) < 4.78 is 0. The minimum absolute atomic E-state index is 0. The summed E-state index contributed by atoms with van der Waals surface area (Å²) in [7, 11) is 0. The fourth-order valence-electron chi connectivity index (χ4n) is 3.39. The van der Waals surface area contributed by atoms with Gasteiger partial charge in [-0.1, -0.05) is 153 Å². The molecular weight excluding hydrogens is 647 g/mol. The Kier molecular flexibility index (Phi) is 23.5. The standard InChI is InChI=1S/C17H18OS.C11H13BrO.C6H6S.C2H6O.Na/c1-13(2)17(19-15-11-7-4-8-12-15)16(18)14-9-5-3-6-10-14;1-8(2)10(12)11(13)9-6-4-3-5-7-9;7-6-4-2-1-3-5-6;1-2-3;/h3-13,17H,1-2H3;3-8,10H,1-2H3;1-5,7H;3H,2H2,1H3;/q;;;;+1/p-1. The van der Waals surface area contributed by atoms with E-state index >= 15 is 0 Å². The van der Waals surface area contributed by atoms with E-state index in [1.54, 1.807) is 18.7 Å². The summed E-state index contributed by atoms with van der Waals surface area (Å²) in [5.74, 6) is 1.01. The molecule has 4 aromatic rings. The Labute approximate surface area is 299 Å². The quantitative estimate of drug-likeness (QED) is 0.0747. The van der Waals surface area contributed by atoms with E-state index in [4.69, 9.17) is 17.7 Å². The molecule has 0 aliphatic rings. The van der Waals surface area contributed by atoms with E-state index in [1.807, 2.05) is 123 Å².